The Morgan fingerprint density at radius 1 is 1.14 bits per heavy atom. The molecule has 1 fully saturated rings. The fourth-order valence-corrected chi connectivity index (χ4v) is 3.31. The van der Waals surface area contributed by atoms with Gasteiger partial charge in [-0.1, -0.05) is 38.1 Å². The van der Waals surface area contributed by atoms with Crippen LogP contribution in [0.5, 0.6) is 0 Å². The summed E-state index contributed by atoms with van der Waals surface area (Å²) in [5.41, 5.74) is 2.59. The lowest BCUT2D eigenvalue weighted by atomic mass is 10.1. The molecular formula is C23H40N4O2. The predicted octanol–water partition coefficient (Wildman–Crippen LogP) is 3.03. The number of nitrogens with zero attached hydrogens (tertiary/aromatic N) is 2. The lowest BCUT2D eigenvalue weighted by Gasteiger charge is -2.18. The molecule has 6 nitrogen and oxygen atoms in total. The maximum Gasteiger partial charge on any atom is 0.191 e. The van der Waals surface area contributed by atoms with Crippen LogP contribution in [0.25, 0.3) is 0 Å². The summed E-state index contributed by atoms with van der Waals surface area (Å²) >= 11 is 0. The average molecular weight is 405 g/mol. The summed E-state index contributed by atoms with van der Waals surface area (Å²) < 4.78 is 11.1. The van der Waals surface area contributed by atoms with E-state index in [1.54, 1.807) is 0 Å². The molecule has 0 spiro atoms. The van der Waals surface area contributed by atoms with Gasteiger partial charge in [-0.3, -0.25) is 4.90 Å². The first-order valence-electron chi connectivity index (χ1n) is 11.2. The van der Waals surface area contributed by atoms with Crippen molar-refractivity contribution in [2.45, 2.75) is 46.7 Å². The Hall–Kier alpha value is -1.63. The van der Waals surface area contributed by atoms with E-state index in [9.17, 15) is 0 Å². The average Bonchev–Trinajstić information content (AvgIpc) is 3.27. The number of hydrogen-bond donors (Lipinski definition) is 2. The molecule has 0 aromatic heterocycles. The molecule has 1 aliphatic heterocycles. The Labute approximate surface area is 177 Å². The lowest BCUT2D eigenvalue weighted by Crippen LogP contribution is -2.38. The second kappa shape index (κ2) is 14.4. The second-order valence-corrected chi connectivity index (χ2v) is 7.56. The fourth-order valence-electron chi connectivity index (χ4n) is 3.31. The van der Waals surface area contributed by atoms with Crippen LogP contribution >= 0.6 is 0 Å². The van der Waals surface area contributed by atoms with Gasteiger partial charge in [0.15, 0.2) is 5.96 Å². The maximum absolute atomic E-state index is 5.76. The molecule has 29 heavy (non-hydrogen) atoms. The topological polar surface area (TPSA) is 58.1 Å². The highest BCUT2D eigenvalue weighted by Crippen LogP contribution is 2.12. The largest absolute Gasteiger partial charge is 0.381 e. The minimum Gasteiger partial charge on any atom is -0.381 e. The molecule has 6 heteroatoms. The van der Waals surface area contributed by atoms with E-state index < -0.39 is 0 Å². The highest BCUT2D eigenvalue weighted by Gasteiger charge is 2.15. The van der Waals surface area contributed by atoms with Crippen LogP contribution in [0.15, 0.2) is 29.3 Å². The van der Waals surface area contributed by atoms with Crippen LogP contribution in [0.1, 0.15) is 44.7 Å². The second-order valence-electron chi connectivity index (χ2n) is 7.56. The van der Waals surface area contributed by atoms with E-state index in [0.717, 1.165) is 78.0 Å². The van der Waals surface area contributed by atoms with Gasteiger partial charge < -0.3 is 20.1 Å². The third-order valence-electron chi connectivity index (χ3n) is 5.22. The zero-order valence-electron chi connectivity index (χ0n) is 18.6. The van der Waals surface area contributed by atoms with Crippen LogP contribution in [0.2, 0.25) is 0 Å². The van der Waals surface area contributed by atoms with E-state index in [4.69, 9.17) is 14.5 Å². The number of guanidine groups is 1. The molecule has 0 radical (unpaired) electrons. The quantitative estimate of drug-likeness (QED) is 0.301. The molecule has 0 saturated carbocycles. The molecule has 0 amide bonds. The molecule has 1 saturated heterocycles. The van der Waals surface area contributed by atoms with Crippen molar-refractivity contribution in [2.24, 2.45) is 10.9 Å². The molecule has 2 N–H and O–H groups in total. The summed E-state index contributed by atoms with van der Waals surface area (Å²) in [6.45, 7) is 15.4. The SMILES string of the molecule is CCNC(=NCc1ccc(CN(CC)CC)cc1)NCCCOCC1CCOC1. The maximum atomic E-state index is 5.76. The predicted molar refractivity (Wildman–Crippen MR) is 120 cm³/mol. The Morgan fingerprint density at radius 3 is 2.55 bits per heavy atom. The summed E-state index contributed by atoms with van der Waals surface area (Å²) in [6.07, 6.45) is 2.10. The van der Waals surface area contributed by atoms with E-state index in [-0.39, 0.29) is 0 Å². The van der Waals surface area contributed by atoms with E-state index in [0.29, 0.717) is 12.5 Å². The Kier molecular flexibility index (Phi) is 11.7. The third-order valence-corrected chi connectivity index (χ3v) is 5.22. The number of nitrogens with one attached hydrogen (secondary N) is 2. The van der Waals surface area contributed by atoms with Crippen LogP contribution in [0.4, 0.5) is 0 Å². The molecule has 1 aromatic rings. The molecule has 1 aliphatic rings. The number of rotatable bonds is 13. The smallest absolute Gasteiger partial charge is 0.191 e. The number of benzene rings is 1. The van der Waals surface area contributed by atoms with Crippen LogP contribution in [-0.2, 0) is 22.6 Å². The first-order chi connectivity index (χ1) is 14.2. The summed E-state index contributed by atoms with van der Waals surface area (Å²) in [4.78, 5) is 7.14. The van der Waals surface area contributed by atoms with Crippen molar-refractivity contribution < 1.29 is 9.47 Å². The van der Waals surface area contributed by atoms with Crippen LogP contribution in [0, 0.1) is 5.92 Å². The normalized spacial score (nSPS) is 17.1. The standard InChI is InChI=1S/C23H40N4O2/c1-4-24-23(25-13-7-14-28-18-22-12-15-29-19-22)26-16-20-8-10-21(11-9-20)17-27(5-2)6-3/h8-11,22H,4-7,12-19H2,1-3H3,(H2,24,25,26). The van der Waals surface area contributed by atoms with E-state index in [1.165, 1.54) is 11.1 Å². The zero-order valence-corrected chi connectivity index (χ0v) is 18.6. The van der Waals surface area contributed by atoms with Gasteiger partial charge in [-0.15, -0.1) is 0 Å². The summed E-state index contributed by atoms with van der Waals surface area (Å²) in [6, 6.07) is 8.81. The minimum atomic E-state index is 0.584. The molecule has 0 bridgehead atoms. The first-order valence-corrected chi connectivity index (χ1v) is 11.2. The van der Waals surface area contributed by atoms with Crippen molar-refractivity contribution in [1.29, 1.82) is 0 Å². The summed E-state index contributed by atoms with van der Waals surface area (Å²) in [7, 11) is 0. The van der Waals surface area contributed by atoms with Crippen molar-refractivity contribution >= 4 is 5.96 Å². The minimum absolute atomic E-state index is 0.584. The van der Waals surface area contributed by atoms with Gasteiger partial charge in [-0.25, -0.2) is 4.99 Å². The third kappa shape index (κ3) is 9.61. The monoisotopic (exact) mass is 404 g/mol. The van der Waals surface area contributed by atoms with Gasteiger partial charge in [0.1, 0.15) is 0 Å². The molecule has 2 rings (SSSR count). The molecule has 164 valence electrons. The van der Waals surface area contributed by atoms with Crippen molar-refractivity contribution in [2.75, 3.05) is 52.6 Å². The summed E-state index contributed by atoms with van der Waals surface area (Å²) in [5.74, 6) is 1.45. The zero-order chi connectivity index (χ0) is 20.7. The van der Waals surface area contributed by atoms with Crippen LogP contribution < -0.4 is 10.6 Å². The van der Waals surface area contributed by atoms with Gasteiger partial charge in [0.05, 0.1) is 19.8 Å². The van der Waals surface area contributed by atoms with Crippen molar-refractivity contribution in [3.63, 3.8) is 0 Å². The molecule has 1 unspecified atom stereocenters. The summed E-state index contributed by atoms with van der Waals surface area (Å²) in [5, 5.41) is 6.72. The van der Waals surface area contributed by atoms with Gasteiger partial charge in [-0.05, 0) is 44.0 Å². The van der Waals surface area contributed by atoms with Crippen molar-refractivity contribution in [3.05, 3.63) is 35.4 Å². The molecule has 1 aromatic carbocycles. The van der Waals surface area contributed by atoms with Gasteiger partial charge in [0.25, 0.3) is 0 Å². The Balaban J connectivity index is 1.68. The van der Waals surface area contributed by atoms with E-state index in [2.05, 4.69) is 60.6 Å². The van der Waals surface area contributed by atoms with Crippen LogP contribution in [-0.4, -0.2) is 63.5 Å². The van der Waals surface area contributed by atoms with Gasteiger partial charge in [0, 0.05) is 38.8 Å². The van der Waals surface area contributed by atoms with Gasteiger partial charge >= 0.3 is 0 Å². The first kappa shape index (κ1) is 23.6. The van der Waals surface area contributed by atoms with Crippen molar-refractivity contribution in [1.82, 2.24) is 15.5 Å². The van der Waals surface area contributed by atoms with Crippen LogP contribution in [0.3, 0.4) is 0 Å². The van der Waals surface area contributed by atoms with E-state index in [1.807, 2.05) is 0 Å². The number of aliphatic imine (C=N–C) groups is 1. The highest BCUT2D eigenvalue weighted by atomic mass is 16.5. The number of ether oxygens (including phenoxy) is 2. The fraction of sp³-hybridized carbons (Fsp3) is 0.696. The van der Waals surface area contributed by atoms with Gasteiger partial charge in [0.2, 0.25) is 0 Å². The van der Waals surface area contributed by atoms with Crippen molar-refractivity contribution in [3.8, 4) is 0 Å². The Bertz CT molecular complexity index is 567. The Morgan fingerprint density at radius 2 is 1.90 bits per heavy atom. The lowest BCUT2D eigenvalue weighted by molar-refractivity contribution is 0.0888. The molecular weight excluding hydrogens is 364 g/mol. The highest BCUT2D eigenvalue weighted by molar-refractivity contribution is 5.79. The molecule has 1 atom stereocenters. The molecule has 0 aliphatic carbocycles. The van der Waals surface area contributed by atoms with E-state index >= 15 is 0 Å². The number of hydrogen-bond acceptors (Lipinski definition) is 4. The molecule has 1 heterocycles. The van der Waals surface area contributed by atoms with Gasteiger partial charge in [-0.2, -0.15) is 0 Å².